The van der Waals surface area contributed by atoms with Crippen LogP contribution in [0.25, 0.3) is 0 Å². The Morgan fingerprint density at radius 3 is 2.52 bits per heavy atom. The number of anilines is 2. The SMILES string of the molecule is COc1ccc(CC(=O)Nc2ccc(NCc3ccccc3Cl)cn2)cc1. The molecule has 6 heteroatoms. The lowest BCUT2D eigenvalue weighted by Gasteiger charge is -2.09. The lowest BCUT2D eigenvalue weighted by Crippen LogP contribution is -2.15. The van der Waals surface area contributed by atoms with Crippen molar-refractivity contribution in [3.05, 3.63) is 83.0 Å². The summed E-state index contributed by atoms with van der Waals surface area (Å²) in [7, 11) is 1.61. The molecule has 2 aromatic carbocycles. The molecule has 0 saturated heterocycles. The smallest absolute Gasteiger partial charge is 0.229 e. The summed E-state index contributed by atoms with van der Waals surface area (Å²) in [4.78, 5) is 16.4. The minimum absolute atomic E-state index is 0.121. The molecular formula is C21H20ClN3O2. The van der Waals surface area contributed by atoms with Crippen molar-refractivity contribution in [2.24, 2.45) is 0 Å². The van der Waals surface area contributed by atoms with E-state index in [0.29, 0.717) is 12.4 Å². The Hall–Kier alpha value is -3.05. The van der Waals surface area contributed by atoms with Gasteiger partial charge in [0.05, 0.1) is 25.4 Å². The maximum Gasteiger partial charge on any atom is 0.229 e. The van der Waals surface area contributed by atoms with Gasteiger partial charge in [0.15, 0.2) is 0 Å². The minimum atomic E-state index is -0.121. The highest BCUT2D eigenvalue weighted by atomic mass is 35.5. The number of rotatable bonds is 7. The first-order chi connectivity index (χ1) is 13.1. The van der Waals surface area contributed by atoms with Gasteiger partial charge < -0.3 is 15.4 Å². The van der Waals surface area contributed by atoms with Crippen molar-refractivity contribution < 1.29 is 9.53 Å². The number of nitrogens with one attached hydrogen (secondary N) is 2. The van der Waals surface area contributed by atoms with E-state index in [1.54, 1.807) is 19.4 Å². The summed E-state index contributed by atoms with van der Waals surface area (Å²) in [5.41, 5.74) is 2.77. The summed E-state index contributed by atoms with van der Waals surface area (Å²) in [6, 6.07) is 18.7. The van der Waals surface area contributed by atoms with Gasteiger partial charge in [-0.3, -0.25) is 4.79 Å². The average molecular weight is 382 g/mol. The third-order valence-corrected chi connectivity index (χ3v) is 4.36. The first-order valence-electron chi connectivity index (χ1n) is 8.50. The van der Waals surface area contributed by atoms with Crippen LogP contribution < -0.4 is 15.4 Å². The number of carbonyl (C=O) groups excluding carboxylic acids is 1. The molecule has 0 aliphatic rings. The highest BCUT2D eigenvalue weighted by molar-refractivity contribution is 6.31. The number of aromatic nitrogens is 1. The van der Waals surface area contributed by atoms with E-state index >= 15 is 0 Å². The predicted octanol–water partition coefficient (Wildman–Crippen LogP) is 4.54. The second kappa shape index (κ2) is 9.05. The van der Waals surface area contributed by atoms with Gasteiger partial charge in [0.25, 0.3) is 0 Å². The van der Waals surface area contributed by atoms with Crippen LogP contribution in [0, 0.1) is 0 Å². The van der Waals surface area contributed by atoms with E-state index < -0.39 is 0 Å². The van der Waals surface area contributed by atoms with Gasteiger partial charge in [-0.2, -0.15) is 0 Å². The summed E-state index contributed by atoms with van der Waals surface area (Å²) < 4.78 is 5.11. The lowest BCUT2D eigenvalue weighted by molar-refractivity contribution is -0.115. The van der Waals surface area contributed by atoms with Gasteiger partial charge in [-0.15, -0.1) is 0 Å². The number of hydrogen-bond donors (Lipinski definition) is 2. The maximum atomic E-state index is 12.2. The number of methoxy groups -OCH3 is 1. The maximum absolute atomic E-state index is 12.2. The lowest BCUT2D eigenvalue weighted by atomic mass is 10.1. The Bertz CT molecular complexity index is 896. The van der Waals surface area contributed by atoms with E-state index in [9.17, 15) is 4.79 Å². The Kier molecular flexibility index (Phi) is 6.28. The Balaban J connectivity index is 1.52. The number of nitrogens with zero attached hydrogens (tertiary/aromatic N) is 1. The van der Waals surface area contributed by atoms with Crippen molar-refractivity contribution in [1.29, 1.82) is 0 Å². The quantitative estimate of drug-likeness (QED) is 0.630. The van der Waals surface area contributed by atoms with Crippen LogP contribution in [-0.2, 0) is 17.8 Å². The summed E-state index contributed by atoms with van der Waals surface area (Å²) in [5, 5.41) is 6.78. The fraction of sp³-hybridized carbons (Fsp3) is 0.143. The van der Waals surface area contributed by atoms with Crippen LogP contribution in [0.3, 0.4) is 0 Å². The number of pyridine rings is 1. The van der Waals surface area contributed by atoms with Crippen LogP contribution in [-0.4, -0.2) is 18.0 Å². The first kappa shape index (κ1) is 18.7. The molecule has 0 aliphatic heterocycles. The van der Waals surface area contributed by atoms with Crippen molar-refractivity contribution in [2.45, 2.75) is 13.0 Å². The van der Waals surface area contributed by atoms with Crippen molar-refractivity contribution in [2.75, 3.05) is 17.7 Å². The second-order valence-corrected chi connectivity index (χ2v) is 6.36. The highest BCUT2D eigenvalue weighted by Gasteiger charge is 2.06. The molecule has 0 radical (unpaired) electrons. The molecule has 5 nitrogen and oxygen atoms in total. The van der Waals surface area contributed by atoms with Crippen LogP contribution in [0.4, 0.5) is 11.5 Å². The van der Waals surface area contributed by atoms with E-state index in [2.05, 4.69) is 15.6 Å². The third kappa shape index (κ3) is 5.46. The zero-order valence-corrected chi connectivity index (χ0v) is 15.7. The van der Waals surface area contributed by atoms with E-state index in [1.807, 2.05) is 54.6 Å². The first-order valence-corrected chi connectivity index (χ1v) is 8.88. The highest BCUT2D eigenvalue weighted by Crippen LogP contribution is 2.17. The zero-order valence-electron chi connectivity index (χ0n) is 14.9. The minimum Gasteiger partial charge on any atom is -0.497 e. The Morgan fingerprint density at radius 1 is 1.07 bits per heavy atom. The zero-order chi connectivity index (χ0) is 19.1. The number of benzene rings is 2. The van der Waals surface area contributed by atoms with Crippen LogP contribution in [0.5, 0.6) is 5.75 Å². The standard InChI is InChI=1S/C21H20ClN3O2/c1-27-18-9-6-15(7-10-18)12-21(26)25-20-11-8-17(14-24-20)23-13-16-4-2-3-5-19(16)22/h2-11,14,23H,12-13H2,1H3,(H,24,25,26). The van der Waals surface area contributed by atoms with E-state index in [0.717, 1.165) is 27.6 Å². The largest absolute Gasteiger partial charge is 0.497 e. The number of halogens is 1. The normalized spacial score (nSPS) is 10.3. The molecule has 3 aromatic rings. The molecule has 2 N–H and O–H groups in total. The van der Waals surface area contributed by atoms with Gasteiger partial charge >= 0.3 is 0 Å². The van der Waals surface area contributed by atoms with Gasteiger partial charge in [-0.05, 0) is 41.5 Å². The van der Waals surface area contributed by atoms with Gasteiger partial charge in [0.2, 0.25) is 5.91 Å². The van der Waals surface area contributed by atoms with E-state index in [1.165, 1.54) is 0 Å². The molecule has 0 unspecified atom stereocenters. The number of carbonyl (C=O) groups is 1. The molecule has 138 valence electrons. The monoisotopic (exact) mass is 381 g/mol. The summed E-state index contributed by atoms with van der Waals surface area (Å²) in [5.74, 6) is 1.15. The van der Waals surface area contributed by atoms with Crippen LogP contribution in [0.2, 0.25) is 5.02 Å². The molecule has 1 heterocycles. The van der Waals surface area contributed by atoms with Crippen LogP contribution in [0.15, 0.2) is 66.9 Å². The molecule has 0 atom stereocenters. The molecule has 1 amide bonds. The van der Waals surface area contributed by atoms with Crippen LogP contribution in [0.1, 0.15) is 11.1 Å². The van der Waals surface area contributed by atoms with Crippen molar-refractivity contribution in [3.63, 3.8) is 0 Å². The van der Waals surface area contributed by atoms with Gasteiger partial charge in [-0.25, -0.2) is 4.98 Å². The van der Waals surface area contributed by atoms with E-state index in [4.69, 9.17) is 16.3 Å². The van der Waals surface area contributed by atoms with Crippen molar-refractivity contribution in [3.8, 4) is 5.75 Å². The Morgan fingerprint density at radius 2 is 1.85 bits per heavy atom. The number of ether oxygens (including phenoxy) is 1. The molecule has 0 bridgehead atoms. The topological polar surface area (TPSA) is 63.2 Å². The molecular weight excluding hydrogens is 362 g/mol. The van der Waals surface area contributed by atoms with Gasteiger partial charge in [0.1, 0.15) is 11.6 Å². The van der Waals surface area contributed by atoms with Crippen LogP contribution >= 0.6 is 11.6 Å². The van der Waals surface area contributed by atoms with Gasteiger partial charge in [-0.1, -0.05) is 41.9 Å². The summed E-state index contributed by atoms with van der Waals surface area (Å²) in [6.07, 6.45) is 1.96. The number of hydrogen-bond acceptors (Lipinski definition) is 4. The van der Waals surface area contributed by atoms with Crippen molar-refractivity contribution in [1.82, 2.24) is 4.98 Å². The van der Waals surface area contributed by atoms with Gasteiger partial charge in [0, 0.05) is 11.6 Å². The summed E-state index contributed by atoms with van der Waals surface area (Å²) >= 11 is 6.15. The second-order valence-electron chi connectivity index (χ2n) is 5.95. The summed E-state index contributed by atoms with van der Waals surface area (Å²) in [6.45, 7) is 0.602. The van der Waals surface area contributed by atoms with Crippen molar-refractivity contribution >= 4 is 29.0 Å². The van der Waals surface area contributed by atoms with E-state index in [-0.39, 0.29) is 12.3 Å². The molecule has 0 fully saturated rings. The predicted molar refractivity (Wildman–Crippen MR) is 108 cm³/mol. The molecule has 3 rings (SSSR count). The molecule has 0 saturated carbocycles. The molecule has 0 aliphatic carbocycles. The molecule has 27 heavy (non-hydrogen) atoms. The molecule has 1 aromatic heterocycles. The average Bonchev–Trinajstić information content (AvgIpc) is 2.69. The fourth-order valence-corrected chi connectivity index (χ4v) is 2.73. The number of amides is 1. The molecule has 0 spiro atoms. The Labute approximate surface area is 163 Å². The third-order valence-electron chi connectivity index (χ3n) is 4.00. The fourth-order valence-electron chi connectivity index (χ4n) is 2.53.